The SMILES string of the molecule is O.O.[Co].[Mn]. The van der Waals surface area contributed by atoms with Crippen molar-refractivity contribution < 1.29 is 44.8 Å². The van der Waals surface area contributed by atoms with Gasteiger partial charge in [0.25, 0.3) is 0 Å². The molecule has 0 spiro atoms. The zero-order valence-electron chi connectivity index (χ0n) is 1.71. The van der Waals surface area contributed by atoms with Gasteiger partial charge in [-0.2, -0.15) is 0 Å². The van der Waals surface area contributed by atoms with E-state index in [9.17, 15) is 0 Å². The van der Waals surface area contributed by atoms with Crippen LogP contribution in [-0.4, -0.2) is 11.0 Å². The quantitative estimate of drug-likeness (QED) is 0.371. The van der Waals surface area contributed by atoms with Gasteiger partial charge in [0.2, 0.25) is 0 Å². The van der Waals surface area contributed by atoms with E-state index >= 15 is 0 Å². The molecule has 0 fully saturated rings. The van der Waals surface area contributed by atoms with Gasteiger partial charge in [0.05, 0.1) is 0 Å². The van der Waals surface area contributed by atoms with Crippen molar-refractivity contribution in [3.8, 4) is 0 Å². The standard InChI is InChI=1S/Co.Mn.2H2O/h;;2*1H2. The Morgan fingerprint density at radius 1 is 0.750 bits per heavy atom. The summed E-state index contributed by atoms with van der Waals surface area (Å²) >= 11 is 0. The molecule has 4 heavy (non-hydrogen) atoms. The summed E-state index contributed by atoms with van der Waals surface area (Å²) in [6, 6.07) is 0. The van der Waals surface area contributed by atoms with Gasteiger partial charge in [-0.15, -0.1) is 0 Å². The largest absolute Gasteiger partial charge is 0.412 e. The van der Waals surface area contributed by atoms with Crippen molar-refractivity contribution >= 4 is 0 Å². The van der Waals surface area contributed by atoms with Crippen molar-refractivity contribution in [2.75, 3.05) is 0 Å². The van der Waals surface area contributed by atoms with Gasteiger partial charge in [0.15, 0.2) is 0 Å². The zero-order chi connectivity index (χ0) is 0. The molecule has 0 aliphatic heterocycles. The Balaban J connectivity index is 0. The Labute approximate surface area is 45.2 Å². The van der Waals surface area contributed by atoms with Crippen molar-refractivity contribution in [1.82, 2.24) is 0 Å². The average molecular weight is 150 g/mol. The van der Waals surface area contributed by atoms with Crippen LogP contribution >= 0.6 is 0 Å². The molecule has 0 heterocycles. The van der Waals surface area contributed by atoms with Crippen molar-refractivity contribution in [3.63, 3.8) is 0 Å². The number of hydrogen-bond acceptors (Lipinski definition) is 0. The van der Waals surface area contributed by atoms with E-state index in [1.54, 1.807) is 0 Å². The minimum Gasteiger partial charge on any atom is -0.412 e. The van der Waals surface area contributed by atoms with Gasteiger partial charge in [0, 0.05) is 33.8 Å². The van der Waals surface area contributed by atoms with Crippen LogP contribution in [0.15, 0.2) is 0 Å². The van der Waals surface area contributed by atoms with Gasteiger partial charge in [-0.3, -0.25) is 0 Å². The van der Waals surface area contributed by atoms with E-state index in [-0.39, 0.29) is 44.8 Å². The summed E-state index contributed by atoms with van der Waals surface area (Å²) in [5.41, 5.74) is 0. The second kappa shape index (κ2) is 38.3. The molecule has 0 aromatic heterocycles. The monoisotopic (exact) mass is 150 g/mol. The van der Waals surface area contributed by atoms with Gasteiger partial charge >= 0.3 is 0 Å². The van der Waals surface area contributed by atoms with Crippen LogP contribution < -0.4 is 0 Å². The molecule has 0 saturated heterocycles. The molecule has 0 unspecified atom stereocenters. The molecule has 0 aromatic carbocycles. The van der Waals surface area contributed by atoms with Crippen LogP contribution in [0.2, 0.25) is 0 Å². The molecule has 0 aliphatic carbocycles. The maximum atomic E-state index is 0. The normalized spacial score (nSPS) is 0. The van der Waals surface area contributed by atoms with Crippen LogP contribution in [0.1, 0.15) is 0 Å². The van der Waals surface area contributed by atoms with E-state index in [4.69, 9.17) is 0 Å². The Kier molecular flexibility index (Phi) is 823. The van der Waals surface area contributed by atoms with E-state index in [2.05, 4.69) is 0 Å². The van der Waals surface area contributed by atoms with E-state index in [1.165, 1.54) is 0 Å². The molecule has 4 heteroatoms. The smallest absolute Gasteiger partial charge is 0 e. The van der Waals surface area contributed by atoms with Crippen LogP contribution in [0, 0.1) is 0 Å². The predicted octanol–water partition coefficient (Wildman–Crippen LogP) is -1.65. The van der Waals surface area contributed by atoms with Crippen molar-refractivity contribution in [1.29, 1.82) is 0 Å². The predicted molar refractivity (Wildman–Crippen MR) is 7.23 cm³/mol. The molecule has 4 N–H and O–H groups in total. The summed E-state index contributed by atoms with van der Waals surface area (Å²) in [5.74, 6) is 0. The maximum absolute atomic E-state index is 0. The van der Waals surface area contributed by atoms with Gasteiger partial charge in [-0.1, -0.05) is 0 Å². The molecule has 0 saturated carbocycles. The molecular formula is H4CoMnO2. The Hall–Kier alpha value is 0.946. The fourth-order valence-corrected chi connectivity index (χ4v) is 0. The second-order valence-electron chi connectivity index (χ2n) is 0. The van der Waals surface area contributed by atoms with Crippen molar-refractivity contribution in [3.05, 3.63) is 0 Å². The van der Waals surface area contributed by atoms with Crippen molar-refractivity contribution in [2.45, 2.75) is 0 Å². The van der Waals surface area contributed by atoms with E-state index in [0.29, 0.717) is 0 Å². The Morgan fingerprint density at radius 3 is 0.750 bits per heavy atom. The third kappa shape index (κ3) is 12.5. The summed E-state index contributed by atoms with van der Waals surface area (Å²) in [6.07, 6.45) is 0. The van der Waals surface area contributed by atoms with Gasteiger partial charge in [-0.25, -0.2) is 0 Å². The number of hydrogen-bond donors (Lipinski definition) is 0. The van der Waals surface area contributed by atoms with Gasteiger partial charge < -0.3 is 11.0 Å². The molecule has 0 amide bonds. The first-order valence-electron chi connectivity index (χ1n) is 0. The Bertz CT molecular complexity index is 6.00. The Morgan fingerprint density at radius 2 is 0.750 bits per heavy atom. The third-order valence-electron chi connectivity index (χ3n) is 0. The zero-order valence-corrected chi connectivity index (χ0v) is 3.93. The molecule has 32 valence electrons. The summed E-state index contributed by atoms with van der Waals surface area (Å²) in [5, 5.41) is 0. The maximum Gasteiger partial charge on any atom is 0 e. The van der Waals surface area contributed by atoms with Crippen LogP contribution in [0.25, 0.3) is 0 Å². The molecule has 0 atom stereocenters. The topological polar surface area (TPSA) is 63.0 Å². The van der Waals surface area contributed by atoms with Crippen LogP contribution in [0.4, 0.5) is 0 Å². The van der Waals surface area contributed by atoms with Crippen LogP contribution in [-0.2, 0) is 33.8 Å². The molecule has 2 nitrogen and oxygen atoms in total. The molecule has 0 aromatic rings. The molecule has 0 aliphatic rings. The fraction of sp³-hybridized carbons (Fsp3) is 0. The first-order valence-corrected chi connectivity index (χ1v) is 0. The summed E-state index contributed by atoms with van der Waals surface area (Å²) < 4.78 is 0. The minimum atomic E-state index is 0. The molecule has 2 radical (unpaired) electrons. The van der Waals surface area contributed by atoms with E-state index < -0.39 is 0 Å². The summed E-state index contributed by atoms with van der Waals surface area (Å²) in [4.78, 5) is 0. The fourth-order valence-electron chi connectivity index (χ4n) is 0. The summed E-state index contributed by atoms with van der Waals surface area (Å²) in [7, 11) is 0. The van der Waals surface area contributed by atoms with E-state index in [0.717, 1.165) is 0 Å². The minimum absolute atomic E-state index is 0. The van der Waals surface area contributed by atoms with Crippen LogP contribution in [0.3, 0.4) is 0 Å². The summed E-state index contributed by atoms with van der Waals surface area (Å²) in [6.45, 7) is 0. The van der Waals surface area contributed by atoms with Gasteiger partial charge in [0.1, 0.15) is 0 Å². The molecule has 0 bridgehead atoms. The third-order valence-corrected chi connectivity index (χ3v) is 0. The van der Waals surface area contributed by atoms with Crippen molar-refractivity contribution in [2.24, 2.45) is 0 Å². The first-order chi connectivity index (χ1) is 0. The van der Waals surface area contributed by atoms with Crippen LogP contribution in [0.5, 0.6) is 0 Å². The van der Waals surface area contributed by atoms with Gasteiger partial charge in [-0.05, 0) is 0 Å². The molecular weight excluding hydrogens is 146 g/mol. The van der Waals surface area contributed by atoms with E-state index in [1.807, 2.05) is 0 Å². The molecule has 0 rings (SSSR count). The second-order valence-corrected chi connectivity index (χ2v) is 0. The average Bonchev–Trinajstić information content (AvgIpc) is 0. The first kappa shape index (κ1) is 86.1. The number of rotatable bonds is 0.